The molecule has 6 heteroatoms. The average Bonchev–Trinajstić information content (AvgIpc) is 2.63. The summed E-state index contributed by atoms with van der Waals surface area (Å²) in [6, 6.07) is 11.8. The van der Waals surface area contributed by atoms with Gasteiger partial charge in [0.2, 0.25) is 5.91 Å². The van der Waals surface area contributed by atoms with Crippen molar-refractivity contribution < 1.29 is 14.3 Å². The second-order valence-corrected chi connectivity index (χ2v) is 5.83. The lowest BCUT2D eigenvalue weighted by molar-refractivity contribution is -0.115. The highest BCUT2D eigenvalue weighted by Crippen LogP contribution is 2.26. The zero-order valence-corrected chi connectivity index (χ0v) is 15.0. The molecule has 2 aromatic carbocycles. The van der Waals surface area contributed by atoms with Crippen molar-refractivity contribution in [2.45, 2.75) is 26.7 Å². The number of rotatable bonds is 7. The van der Waals surface area contributed by atoms with Gasteiger partial charge < -0.3 is 15.4 Å². The molecule has 25 heavy (non-hydrogen) atoms. The van der Waals surface area contributed by atoms with Crippen LogP contribution >= 0.6 is 11.6 Å². The molecule has 0 heterocycles. The van der Waals surface area contributed by atoms with E-state index in [4.69, 9.17) is 16.3 Å². The van der Waals surface area contributed by atoms with Gasteiger partial charge in [0.05, 0.1) is 17.3 Å². The van der Waals surface area contributed by atoms with Gasteiger partial charge in [-0.15, -0.1) is 0 Å². The zero-order chi connectivity index (χ0) is 18.2. The molecule has 0 spiro atoms. The first-order chi connectivity index (χ1) is 12.0. The van der Waals surface area contributed by atoms with Gasteiger partial charge in [-0.1, -0.05) is 25.4 Å². The summed E-state index contributed by atoms with van der Waals surface area (Å²) in [7, 11) is 0. The minimum Gasteiger partial charge on any atom is -0.494 e. The third kappa shape index (κ3) is 5.50. The fourth-order valence-electron chi connectivity index (χ4n) is 2.07. The molecule has 0 unspecified atom stereocenters. The first-order valence-electron chi connectivity index (χ1n) is 8.17. The number of carbonyl (C=O) groups is 2. The fourth-order valence-corrected chi connectivity index (χ4v) is 2.23. The van der Waals surface area contributed by atoms with Gasteiger partial charge in [0.25, 0.3) is 5.91 Å². The normalized spacial score (nSPS) is 10.2. The van der Waals surface area contributed by atoms with E-state index in [0.717, 1.165) is 12.2 Å². The molecular formula is C19H21ClN2O3. The van der Waals surface area contributed by atoms with Crippen molar-refractivity contribution in [3.63, 3.8) is 0 Å². The third-order valence-corrected chi connectivity index (χ3v) is 3.74. The average molecular weight is 361 g/mol. The second kappa shape index (κ2) is 9.08. The summed E-state index contributed by atoms with van der Waals surface area (Å²) in [5.74, 6) is 0.325. The first-order valence-corrected chi connectivity index (χ1v) is 8.55. The van der Waals surface area contributed by atoms with Gasteiger partial charge in [-0.3, -0.25) is 9.59 Å². The number of hydrogen-bond donors (Lipinski definition) is 2. The molecule has 0 atom stereocenters. The van der Waals surface area contributed by atoms with Crippen LogP contribution in [0, 0.1) is 0 Å². The summed E-state index contributed by atoms with van der Waals surface area (Å²) in [5, 5.41) is 5.89. The van der Waals surface area contributed by atoms with Crippen molar-refractivity contribution in [2.75, 3.05) is 17.2 Å². The standard InChI is InChI=1S/C19H21ClN2O3/c1-3-11-25-15-8-5-13(6-9-15)19(24)22-17-12-14(7-10-16(17)20)21-18(23)4-2/h5-10,12H,3-4,11H2,1-2H3,(H,21,23)(H,22,24). The van der Waals surface area contributed by atoms with Gasteiger partial charge in [-0.05, 0) is 48.9 Å². The third-order valence-electron chi connectivity index (χ3n) is 3.41. The number of ether oxygens (including phenoxy) is 1. The van der Waals surface area contributed by atoms with E-state index >= 15 is 0 Å². The molecule has 0 fully saturated rings. The number of carbonyl (C=O) groups excluding carboxylic acids is 2. The molecule has 0 radical (unpaired) electrons. The quantitative estimate of drug-likeness (QED) is 0.750. The number of hydrogen-bond acceptors (Lipinski definition) is 3. The monoisotopic (exact) mass is 360 g/mol. The molecule has 2 rings (SSSR count). The lowest BCUT2D eigenvalue weighted by Gasteiger charge is -2.11. The molecule has 0 bridgehead atoms. The second-order valence-electron chi connectivity index (χ2n) is 5.42. The molecule has 2 amide bonds. The van der Waals surface area contributed by atoms with E-state index < -0.39 is 0 Å². The van der Waals surface area contributed by atoms with E-state index in [1.807, 2.05) is 6.92 Å². The molecule has 0 aromatic heterocycles. The predicted octanol–water partition coefficient (Wildman–Crippen LogP) is 4.73. The number of anilines is 2. The lowest BCUT2D eigenvalue weighted by atomic mass is 10.2. The Morgan fingerprint density at radius 2 is 1.76 bits per heavy atom. The van der Waals surface area contributed by atoms with E-state index in [-0.39, 0.29) is 11.8 Å². The van der Waals surface area contributed by atoms with Gasteiger partial charge in [0.1, 0.15) is 5.75 Å². The maximum atomic E-state index is 12.4. The van der Waals surface area contributed by atoms with Gasteiger partial charge in [-0.25, -0.2) is 0 Å². The Labute approximate surface area is 152 Å². The summed E-state index contributed by atoms with van der Waals surface area (Å²) < 4.78 is 5.50. The highest BCUT2D eigenvalue weighted by molar-refractivity contribution is 6.34. The largest absolute Gasteiger partial charge is 0.494 e. The summed E-state index contributed by atoms with van der Waals surface area (Å²) in [4.78, 5) is 23.9. The van der Waals surface area contributed by atoms with Crippen LogP contribution in [-0.4, -0.2) is 18.4 Å². The van der Waals surface area contributed by atoms with Gasteiger partial charge in [-0.2, -0.15) is 0 Å². The van der Waals surface area contributed by atoms with Gasteiger partial charge in [0.15, 0.2) is 0 Å². The Bertz CT molecular complexity index is 745. The van der Waals surface area contributed by atoms with Crippen LogP contribution in [0.1, 0.15) is 37.0 Å². The van der Waals surface area contributed by atoms with Crippen LogP contribution in [-0.2, 0) is 4.79 Å². The van der Waals surface area contributed by atoms with E-state index in [9.17, 15) is 9.59 Å². The minimum atomic E-state index is -0.289. The van der Waals surface area contributed by atoms with Crippen molar-refractivity contribution >= 4 is 34.8 Å². The molecule has 0 aliphatic heterocycles. The SMILES string of the molecule is CCCOc1ccc(C(=O)Nc2cc(NC(=O)CC)ccc2Cl)cc1. The molecule has 0 saturated carbocycles. The van der Waals surface area contributed by atoms with E-state index in [0.29, 0.717) is 35.0 Å². The summed E-state index contributed by atoms with van der Waals surface area (Å²) in [6.45, 7) is 4.43. The van der Waals surface area contributed by atoms with Crippen molar-refractivity contribution in [1.29, 1.82) is 0 Å². The fraction of sp³-hybridized carbons (Fsp3) is 0.263. The maximum Gasteiger partial charge on any atom is 0.255 e. The smallest absolute Gasteiger partial charge is 0.255 e. The number of halogens is 1. The zero-order valence-electron chi connectivity index (χ0n) is 14.3. The first kappa shape index (κ1) is 18.8. The van der Waals surface area contributed by atoms with Crippen LogP contribution in [0.2, 0.25) is 5.02 Å². The minimum absolute atomic E-state index is 0.109. The lowest BCUT2D eigenvalue weighted by Crippen LogP contribution is -2.13. The van der Waals surface area contributed by atoms with Crippen LogP contribution in [0.15, 0.2) is 42.5 Å². The number of amides is 2. The Hall–Kier alpha value is -2.53. The van der Waals surface area contributed by atoms with Crippen molar-refractivity contribution in [3.8, 4) is 5.75 Å². The summed E-state index contributed by atoms with van der Waals surface area (Å²) in [6.07, 6.45) is 1.29. The molecule has 2 N–H and O–H groups in total. The molecular weight excluding hydrogens is 340 g/mol. The number of nitrogens with one attached hydrogen (secondary N) is 2. The van der Waals surface area contributed by atoms with E-state index in [1.54, 1.807) is 49.4 Å². The van der Waals surface area contributed by atoms with Crippen molar-refractivity contribution in [2.24, 2.45) is 0 Å². The van der Waals surface area contributed by atoms with E-state index in [1.165, 1.54) is 0 Å². The van der Waals surface area contributed by atoms with Crippen molar-refractivity contribution in [1.82, 2.24) is 0 Å². The summed E-state index contributed by atoms with van der Waals surface area (Å²) in [5.41, 5.74) is 1.50. The molecule has 0 saturated heterocycles. The molecule has 2 aromatic rings. The Morgan fingerprint density at radius 3 is 2.40 bits per heavy atom. The van der Waals surface area contributed by atoms with Crippen LogP contribution < -0.4 is 15.4 Å². The van der Waals surface area contributed by atoms with Crippen molar-refractivity contribution in [3.05, 3.63) is 53.1 Å². The maximum absolute atomic E-state index is 12.4. The molecule has 132 valence electrons. The van der Waals surface area contributed by atoms with Crippen LogP contribution in [0.4, 0.5) is 11.4 Å². The highest BCUT2D eigenvalue weighted by atomic mass is 35.5. The van der Waals surface area contributed by atoms with E-state index in [2.05, 4.69) is 10.6 Å². The molecule has 0 aliphatic rings. The molecule has 5 nitrogen and oxygen atoms in total. The van der Waals surface area contributed by atoms with Gasteiger partial charge >= 0.3 is 0 Å². The predicted molar refractivity (Wildman–Crippen MR) is 101 cm³/mol. The Kier molecular flexibility index (Phi) is 6.83. The topological polar surface area (TPSA) is 67.4 Å². The molecule has 0 aliphatic carbocycles. The van der Waals surface area contributed by atoms with Crippen LogP contribution in [0.5, 0.6) is 5.75 Å². The van der Waals surface area contributed by atoms with Crippen LogP contribution in [0.25, 0.3) is 0 Å². The summed E-state index contributed by atoms with van der Waals surface area (Å²) >= 11 is 6.13. The number of benzene rings is 2. The Balaban J connectivity index is 2.08. The van der Waals surface area contributed by atoms with Gasteiger partial charge in [0, 0.05) is 17.7 Å². The highest BCUT2D eigenvalue weighted by Gasteiger charge is 2.10. The van der Waals surface area contributed by atoms with Crippen LogP contribution in [0.3, 0.4) is 0 Å². The Morgan fingerprint density at radius 1 is 1.04 bits per heavy atom.